The molecule has 0 saturated carbocycles. The predicted molar refractivity (Wildman–Crippen MR) is 87.0 cm³/mol. The van der Waals surface area contributed by atoms with E-state index in [4.69, 9.17) is 9.88 Å². The van der Waals surface area contributed by atoms with E-state index in [1.165, 1.54) is 5.56 Å². The largest absolute Gasteiger partial charge is 0.494 e. The molecule has 4 nitrogen and oxygen atoms in total. The van der Waals surface area contributed by atoms with E-state index < -0.39 is 10.0 Å². The Bertz CT molecular complexity index is 511. The number of nitrogens with two attached hydrogens (primary N) is 1. The van der Waals surface area contributed by atoms with Gasteiger partial charge in [0.2, 0.25) is 10.0 Å². The average Bonchev–Trinajstić information content (AvgIpc) is 2.44. The summed E-state index contributed by atoms with van der Waals surface area (Å²) in [5, 5.41) is 4.99. The van der Waals surface area contributed by atoms with E-state index >= 15 is 0 Å². The van der Waals surface area contributed by atoms with Gasteiger partial charge in [0.1, 0.15) is 5.75 Å². The second kappa shape index (κ2) is 8.39. The Hall–Kier alpha value is -1.07. The lowest BCUT2D eigenvalue weighted by molar-refractivity contribution is 0.282. The van der Waals surface area contributed by atoms with E-state index in [1.807, 2.05) is 19.1 Å². The van der Waals surface area contributed by atoms with Crippen LogP contribution in [0, 0.1) is 5.92 Å². The van der Waals surface area contributed by atoms with Crippen molar-refractivity contribution in [3.63, 3.8) is 0 Å². The summed E-state index contributed by atoms with van der Waals surface area (Å²) in [5.41, 5.74) is 1.33. The third-order valence-electron chi connectivity index (χ3n) is 3.84. The molecule has 2 atom stereocenters. The first-order valence-corrected chi connectivity index (χ1v) is 9.26. The summed E-state index contributed by atoms with van der Waals surface area (Å²) in [5.74, 6) is 1.75. The van der Waals surface area contributed by atoms with E-state index in [2.05, 4.69) is 26.0 Å². The maximum absolute atomic E-state index is 10.9. The Morgan fingerprint density at radius 1 is 1.14 bits per heavy atom. The third kappa shape index (κ3) is 7.48. The highest BCUT2D eigenvalue weighted by Gasteiger charge is 2.08. The molecule has 0 aliphatic heterocycles. The fraction of sp³-hybridized carbons (Fsp3) is 0.625. The van der Waals surface area contributed by atoms with Crippen molar-refractivity contribution in [3.8, 4) is 5.75 Å². The first kappa shape index (κ1) is 18.0. The molecule has 120 valence electrons. The van der Waals surface area contributed by atoms with Crippen molar-refractivity contribution < 1.29 is 13.2 Å². The lowest BCUT2D eigenvalue weighted by atomic mass is 9.99. The summed E-state index contributed by atoms with van der Waals surface area (Å²) in [6.07, 6.45) is 2.53. The van der Waals surface area contributed by atoms with E-state index in [9.17, 15) is 8.42 Å². The molecule has 0 aromatic heterocycles. The van der Waals surface area contributed by atoms with Crippen LogP contribution in [-0.2, 0) is 10.0 Å². The number of primary sulfonamides is 1. The molecule has 2 N–H and O–H groups in total. The van der Waals surface area contributed by atoms with Crippen molar-refractivity contribution in [2.45, 2.75) is 46.0 Å². The maximum atomic E-state index is 10.9. The number of hydrogen-bond acceptors (Lipinski definition) is 3. The SMILES string of the molecule is CCC(C)c1ccc(OCCC(C)CCS(N)(=O)=O)cc1. The fourth-order valence-corrected chi connectivity index (χ4v) is 2.75. The molecule has 0 spiro atoms. The van der Waals surface area contributed by atoms with Gasteiger partial charge in [0, 0.05) is 0 Å². The van der Waals surface area contributed by atoms with Gasteiger partial charge in [-0.15, -0.1) is 0 Å². The fourth-order valence-electron chi connectivity index (χ4n) is 2.02. The summed E-state index contributed by atoms with van der Waals surface area (Å²) < 4.78 is 27.5. The van der Waals surface area contributed by atoms with E-state index in [-0.39, 0.29) is 11.7 Å². The van der Waals surface area contributed by atoms with E-state index in [1.54, 1.807) is 0 Å². The summed E-state index contributed by atoms with van der Waals surface area (Å²) >= 11 is 0. The third-order valence-corrected chi connectivity index (χ3v) is 4.64. The zero-order valence-electron chi connectivity index (χ0n) is 13.2. The summed E-state index contributed by atoms with van der Waals surface area (Å²) in [7, 11) is -3.35. The average molecular weight is 313 g/mol. The van der Waals surface area contributed by atoms with Crippen molar-refractivity contribution in [2.75, 3.05) is 12.4 Å². The predicted octanol–water partition coefficient (Wildman–Crippen LogP) is 3.28. The van der Waals surface area contributed by atoms with Crippen LogP contribution in [0.4, 0.5) is 0 Å². The molecule has 0 fully saturated rings. The van der Waals surface area contributed by atoms with Gasteiger partial charge in [0.05, 0.1) is 12.4 Å². The van der Waals surface area contributed by atoms with Crippen molar-refractivity contribution in [1.29, 1.82) is 0 Å². The molecule has 1 aromatic carbocycles. The molecule has 0 aliphatic carbocycles. The molecule has 0 bridgehead atoms. The first-order valence-electron chi connectivity index (χ1n) is 7.55. The molecule has 2 unspecified atom stereocenters. The number of hydrogen-bond donors (Lipinski definition) is 1. The minimum atomic E-state index is -3.35. The topological polar surface area (TPSA) is 69.4 Å². The van der Waals surface area contributed by atoms with Crippen molar-refractivity contribution in [3.05, 3.63) is 29.8 Å². The van der Waals surface area contributed by atoms with E-state index in [0.29, 0.717) is 18.9 Å². The molecule has 5 heteroatoms. The highest BCUT2D eigenvalue weighted by Crippen LogP contribution is 2.21. The minimum absolute atomic E-state index is 0.0395. The number of sulfonamides is 1. The quantitative estimate of drug-likeness (QED) is 0.760. The Kier molecular flexibility index (Phi) is 7.18. The second-order valence-corrected chi connectivity index (χ2v) is 7.51. The summed E-state index contributed by atoms with van der Waals surface area (Å²) in [6.45, 7) is 7.00. The minimum Gasteiger partial charge on any atom is -0.494 e. The second-order valence-electron chi connectivity index (χ2n) is 5.78. The van der Waals surface area contributed by atoms with Crippen LogP contribution in [0.5, 0.6) is 5.75 Å². The Morgan fingerprint density at radius 2 is 1.76 bits per heavy atom. The standard InChI is InChI=1S/C16H27NO3S/c1-4-14(3)15-5-7-16(8-6-15)20-11-9-13(2)10-12-21(17,18)19/h5-8,13-14H,4,9-12H2,1-3H3,(H2,17,18,19). The van der Waals surface area contributed by atoms with Gasteiger partial charge in [-0.05, 0) is 48.8 Å². The monoisotopic (exact) mass is 313 g/mol. The Morgan fingerprint density at radius 3 is 2.29 bits per heavy atom. The van der Waals surface area contributed by atoms with Crippen LogP contribution < -0.4 is 9.88 Å². The zero-order valence-corrected chi connectivity index (χ0v) is 14.0. The summed E-state index contributed by atoms with van der Waals surface area (Å²) in [4.78, 5) is 0. The Balaban J connectivity index is 2.32. The number of benzene rings is 1. The van der Waals surface area contributed by atoms with Crippen LogP contribution in [0.2, 0.25) is 0 Å². The van der Waals surface area contributed by atoms with Gasteiger partial charge in [-0.25, -0.2) is 13.6 Å². The molecule has 1 rings (SSSR count). The van der Waals surface area contributed by atoms with Gasteiger partial charge in [0.25, 0.3) is 0 Å². The van der Waals surface area contributed by atoms with Crippen LogP contribution in [0.3, 0.4) is 0 Å². The van der Waals surface area contributed by atoms with Gasteiger partial charge >= 0.3 is 0 Å². The van der Waals surface area contributed by atoms with Gasteiger partial charge in [0.15, 0.2) is 0 Å². The van der Waals surface area contributed by atoms with Crippen molar-refractivity contribution in [1.82, 2.24) is 0 Å². The maximum Gasteiger partial charge on any atom is 0.209 e. The molecule has 0 radical (unpaired) electrons. The molecule has 0 heterocycles. The first-order chi connectivity index (χ1) is 9.81. The molecule has 0 amide bonds. The molecule has 0 aliphatic rings. The van der Waals surface area contributed by atoms with Crippen LogP contribution in [0.25, 0.3) is 0 Å². The Labute approximate surface area is 128 Å². The molecule has 1 aromatic rings. The lowest BCUT2D eigenvalue weighted by Crippen LogP contribution is -2.18. The highest BCUT2D eigenvalue weighted by molar-refractivity contribution is 7.89. The normalized spacial score (nSPS) is 14.7. The van der Waals surface area contributed by atoms with E-state index in [0.717, 1.165) is 18.6 Å². The van der Waals surface area contributed by atoms with Crippen LogP contribution in [-0.4, -0.2) is 20.8 Å². The lowest BCUT2D eigenvalue weighted by Gasteiger charge is -2.13. The number of rotatable bonds is 9. The zero-order chi connectivity index (χ0) is 15.9. The number of ether oxygens (including phenoxy) is 1. The van der Waals surface area contributed by atoms with Gasteiger partial charge in [-0.3, -0.25) is 0 Å². The van der Waals surface area contributed by atoms with Crippen molar-refractivity contribution >= 4 is 10.0 Å². The van der Waals surface area contributed by atoms with Gasteiger partial charge < -0.3 is 4.74 Å². The molecule has 0 saturated heterocycles. The van der Waals surface area contributed by atoms with Gasteiger partial charge in [-0.1, -0.05) is 32.9 Å². The van der Waals surface area contributed by atoms with Crippen LogP contribution >= 0.6 is 0 Å². The van der Waals surface area contributed by atoms with Crippen molar-refractivity contribution in [2.24, 2.45) is 11.1 Å². The smallest absolute Gasteiger partial charge is 0.209 e. The molecule has 21 heavy (non-hydrogen) atoms. The van der Waals surface area contributed by atoms with Gasteiger partial charge in [-0.2, -0.15) is 0 Å². The highest BCUT2D eigenvalue weighted by atomic mass is 32.2. The molecular formula is C16H27NO3S. The summed E-state index contributed by atoms with van der Waals surface area (Å²) in [6, 6.07) is 8.20. The van der Waals surface area contributed by atoms with Crippen LogP contribution in [0.15, 0.2) is 24.3 Å². The van der Waals surface area contributed by atoms with Crippen LogP contribution in [0.1, 0.15) is 51.5 Å². The molecular weight excluding hydrogens is 286 g/mol.